The number of carboxylic acid groups (broad SMARTS) is 1. The van der Waals surface area contributed by atoms with Crippen LogP contribution in [0.3, 0.4) is 0 Å². The molecule has 0 unspecified atom stereocenters. The fraction of sp³-hybridized carbons (Fsp3) is 0.528. The highest BCUT2D eigenvalue weighted by Gasteiger charge is 2.50. The predicted molar refractivity (Wildman–Crippen MR) is 199 cm³/mol. The third kappa shape index (κ3) is 12.2. The van der Waals surface area contributed by atoms with Crippen LogP contribution in [-0.2, 0) is 38.1 Å². The van der Waals surface area contributed by atoms with E-state index in [0.29, 0.717) is 38.8 Å². The third-order valence-corrected chi connectivity index (χ3v) is 9.27. The summed E-state index contributed by atoms with van der Waals surface area (Å²) in [7, 11) is 1.10. The number of amides is 5. The van der Waals surface area contributed by atoms with Gasteiger partial charge in [-0.25, -0.2) is 24.2 Å². The van der Waals surface area contributed by atoms with E-state index in [-0.39, 0.29) is 67.1 Å². The second-order valence-electron chi connectivity index (χ2n) is 13.5. The highest BCUT2D eigenvalue weighted by Crippen LogP contribution is 2.29. The van der Waals surface area contributed by atoms with Crippen molar-refractivity contribution in [1.29, 1.82) is 0 Å². The van der Waals surface area contributed by atoms with Crippen molar-refractivity contribution in [3.05, 3.63) is 46.7 Å². The van der Waals surface area contributed by atoms with E-state index in [0.717, 1.165) is 7.11 Å². The van der Waals surface area contributed by atoms with Gasteiger partial charge in [-0.2, -0.15) is 0 Å². The van der Waals surface area contributed by atoms with Crippen LogP contribution in [0.15, 0.2) is 35.0 Å². The molecule has 0 saturated carbocycles. The fourth-order valence-electron chi connectivity index (χ4n) is 6.43. The van der Waals surface area contributed by atoms with Crippen LogP contribution in [-0.4, -0.2) is 152 Å². The zero-order chi connectivity index (χ0) is 42.5. The third-order valence-electron chi connectivity index (χ3n) is 9.27. The van der Waals surface area contributed by atoms with Crippen LogP contribution in [0.2, 0.25) is 0 Å². The molecule has 2 saturated heterocycles. The SMILES string of the molecule is COC(=O)C1=C[C@H](N=C(N)N)[C@@H](NC(C)=O)[C@H]([C@H](OC(=O)NCCCCCCNC(=O)c2cc(C(=O)O)cc(C(=O)N3CCN(C(C)=O)CC3)c2)[C@H]2COC(=O)O2)O1. The lowest BCUT2D eigenvalue weighted by atomic mass is 9.92. The minimum atomic E-state index is -1.45. The van der Waals surface area contributed by atoms with Crippen molar-refractivity contribution in [1.82, 2.24) is 25.8 Å². The molecule has 1 aromatic rings. The first-order valence-corrected chi connectivity index (χ1v) is 18.4. The quantitative estimate of drug-likeness (QED) is 0.0392. The molecule has 0 spiro atoms. The maximum atomic E-state index is 13.2. The zero-order valence-electron chi connectivity index (χ0n) is 32.2. The minimum absolute atomic E-state index is 0.0110. The molecule has 22 heteroatoms. The van der Waals surface area contributed by atoms with Gasteiger partial charge in [0.15, 0.2) is 24.3 Å². The monoisotopic (exact) mass is 816 g/mol. The van der Waals surface area contributed by atoms with Gasteiger partial charge in [-0.15, -0.1) is 0 Å². The highest BCUT2D eigenvalue weighted by atomic mass is 16.8. The smallest absolute Gasteiger partial charge is 0.478 e. The summed E-state index contributed by atoms with van der Waals surface area (Å²) in [6.45, 7) is 3.93. The highest BCUT2D eigenvalue weighted by molar-refractivity contribution is 6.03. The number of esters is 1. The first-order chi connectivity index (χ1) is 27.6. The Balaban J connectivity index is 1.28. The number of methoxy groups -OCH3 is 1. The number of unbranched alkanes of at least 4 members (excludes halogenated alkanes) is 3. The first-order valence-electron chi connectivity index (χ1n) is 18.4. The van der Waals surface area contributed by atoms with E-state index in [2.05, 4.69) is 20.9 Å². The Bertz CT molecular complexity index is 1810. The lowest BCUT2D eigenvalue weighted by Gasteiger charge is -2.39. The largest absolute Gasteiger partial charge is 0.508 e. The number of carboxylic acids is 1. The standard InChI is InChI=1S/C36H48N8O14/c1-19(45)41-27-24(42-34(37)38)17-25(33(51)54-3)56-29(27)28(26-18-55-36(53)57-26)58-35(52)40-9-7-5-4-6-8-39-30(47)21-14-22(16-23(15-21)32(49)50)31(48)44-12-10-43(11-13-44)20(2)46/h14-17,24,26-29H,4-13,18H2,1-3H3,(H,39,47)(H,40,52)(H,41,45)(H,49,50)(H4,37,38,42)/t24-,26+,27+,28+,29+/m0/s1. The Morgan fingerprint density at radius 1 is 0.897 bits per heavy atom. The maximum Gasteiger partial charge on any atom is 0.508 e. The zero-order valence-corrected chi connectivity index (χ0v) is 32.2. The van der Waals surface area contributed by atoms with E-state index < -0.39 is 72.3 Å². The predicted octanol–water partition coefficient (Wildman–Crippen LogP) is -0.788. The van der Waals surface area contributed by atoms with Crippen molar-refractivity contribution in [2.75, 3.05) is 53.0 Å². The summed E-state index contributed by atoms with van der Waals surface area (Å²) >= 11 is 0. The molecule has 3 heterocycles. The van der Waals surface area contributed by atoms with Crippen LogP contribution in [0.5, 0.6) is 0 Å². The topological polar surface area (TPSA) is 310 Å². The van der Waals surface area contributed by atoms with E-state index >= 15 is 0 Å². The minimum Gasteiger partial charge on any atom is -0.478 e. The number of rotatable bonds is 16. The summed E-state index contributed by atoms with van der Waals surface area (Å²) in [5.74, 6) is -4.61. The number of nitrogens with one attached hydrogen (secondary N) is 3. The molecule has 0 aliphatic carbocycles. The molecule has 0 radical (unpaired) electrons. The summed E-state index contributed by atoms with van der Waals surface area (Å²) in [6.07, 6.45) is -2.57. The van der Waals surface area contributed by atoms with E-state index in [1.807, 2.05) is 0 Å². The van der Waals surface area contributed by atoms with Gasteiger partial charge in [0.25, 0.3) is 11.8 Å². The number of aliphatic imine (C=N–C) groups is 1. The number of piperazine rings is 1. The summed E-state index contributed by atoms with van der Waals surface area (Å²) in [5, 5.41) is 17.6. The Labute approximate surface area is 332 Å². The van der Waals surface area contributed by atoms with E-state index in [4.69, 9.17) is 35.2 Å². The molecule has 2 fully saturated rings. The number of carbonyl (C=O) groups is 8. The van der Waals surface area contributed by atoms with E-state index in [1.165, 1.54) is 43.0 Å². The molecule has 1 aromatic carbocycles. The van der Waals surface area contributed by atoms with Crippen molar-refractivity contribution in [2.45, 2.75) is 69.9 Å². The molecular weight excluding hydrogens is 768 g/mol. The van der Waals surface area contributed by atoms with Crippen molar-refractivity contribution >= 4 is 53.8 Å². The number of ether oxygens (including phenoxy) is 5. The van der Waals surface area contributed by atoms with Gasteiger partial charge in [-0.3, -0.25) is 19.2 Å². The van der Waals surface area contributed by atoms with Gasteiger partial charge >= 0.3 is 24.2 Å². The van der Waals surface area contributed by atoms with Crippen molar-refractivity contribution in [3.8, 4) is 0 Å². The van der Waals surface area contributed by atoms with E-state index in [9.17, 15) is 43.5 Å². The van der Waals surface area contributed by atoms with Gasteiger partial charge in [0.2, 0.25) is 17.6 Å². The number of benzene rings is 1. The molecule has 8 N–H and O–H groups in total. The number of aromatic carboxylic acids is 1. The molecular formula is C36H48N8O14. The molecule has 4 rings (SSSR count). The first kappa shape index (κ1) is 44.1. The summed E-state index contributed by atoms with van der Waals surface area (Å²) < 4.78 is 26.4. The average Bonchev–Trinajstić information content (AvgIpc) is 3.62. The summed E-state index contributed by atoms with van der Waals surface area (Å²) in [4.78, 5) is 106. The van der Waals surface area contributed by atoms with Crippen molar-refractivity contribution in [3.63, 3.8) is 0 Å². The maximum absolute atomic E-state index is 13.2. The second kappa shape index (κ2) is 20.5. The lowest BCUT2D eigenvalue weighted by molar-refractivity contribution is -0.147. The number of hydrogen-bond acceptors (Lipinski definition) is 14. The van der Waals surface area contributed by atoms with Crippen molar-refractivity contribution < 1.29 is 67.1 Å². The number of nitrogens with two attached hydrogens (primary N) is 2. The second-order valence-corrected chi connectivity index (χ2v) is 13.5. The van der Waals surface area contributed by atoms with Crippen molar-refractivity contribution in [2.24, 2.45) is 16.5 Å². The van der Waals surface area contributed by atoms with Gasteiger partial charge in [0.05, 0.1) is 24.8 Å². The normalized spacial score (nSPS) is 20.5. The molecule has 316 valence electrons. The van der Waals surface area contributed by atoms with Crippen LogP contribution in [0.1, 0.15) is 70.6 Å². The van der Waals surface area contributed by atoms with Crippen LogP contribution in [0, 0.1) is 0 Å². The molecule has 3 aliphatic heterocycles. The average molecular weight is 817 g/mol. The van der Waals surface area contributed by atoms with E-state index in [1.54, 1.807) is 4.90 Å². The van der Waals surface area contributed by atoms with Gasteiger partial charge in [-0.1, -0.05) is 12.8 Å². The molecule has 0 bridgehead atoms. The number of guanidine groups is 1. The van der Waals surface area contributed by atoms with Crippen LogP contribution < -0.4 is 27.4 Å². The van der Waals surface area contributed by atoms with Crippen LogP contribution >= 0.6 is 0 Å². The Hall–Kier alpha value is -6.61. The Kier molecular flexibility index (Phi) is 15.6. The molecule has 0 aromatic heterocycles. The molecule has 5 amide bonds. The number of hydrogen-bond donors (Lipinski definition) is 6. The number of nitrogens with zero attached hydrogens (tertiary/aromatic N) is 3. The fourth-order valence-corrected chi connectivity index (χ4v) is 6.43. The van der Waals surface area contributed by atoms with Gasteiger partial charge in [-0.05, 0) is 37.1 Å². The summed E-state index contributed by atoms with van der Waals surface area (Å²) in [5.41, 5.74) is 11.0. The number of alkyl carbamates (subject to hydrolysis) is 1. The molecule has 3 aliphatic rings. The van der Waals surface area contributed by atoms with Gasteiger partial charge < -0.3 is 66.0 Å². The lowest BCUT2D eigenvalue weighted by Crippen LogP contribution is -2.61. The van der Waals surface area contributed by atoms with Gasteiger partial charge in [0.1, 0.15) is 6.61 Å². The van der Waals surface area contributed by atoms with Crippen LogP contribution in [0.4, 0.5) is 9.59 Å². The van der Waals surface area contributed by atoms with Gasteiger partial charge in [0, 0.05) is 64.2 Å². The Morgan fingerprint density at radius 3 is 2.09 bits per heavy atom. The molecule has 58 heavy (non-hydrogen) atoms. The molecule has 22 nitrogen and oxygen atoms in total. The van der Waals surface area contributed by atoms with Crippen LogP contribution in [0.25, 0.3) is 0 Å². The number of cyclic esters (lactones) is 2. The number of carbonyl (C=O) groups excluding carboxylic acids is 7. The summed E-state index contributed by atoms with van der Waals surface area (Å²) in [6, 6.07) is 1.53. The Morgan fingerprint density at radius 2 is 1.52 bits per heavy atom. The molecule has 5 atom stereocenters.